The van der Waals surface area contributed by atoms with E-state index in [0.29, 0.717) is 38.3 Å². The minimum Gasteiger partial charge on any atom is -0.492 e. The van der Waals surface area contributed by atoms with Gasteiger partial charge in [0, 0.05) is 20.0 Å². The summed E-state index contributed by atoms with van der Waals surface area (Å²) in [6.07, 6.45) is 0.990. The number of hydrogen-bond acceptors (Lipinski definition) is 3. The minimum absolute atomic E-state index is 0.00125. The SMILES string of the molecule is CN(CCOc1ccc(F)cc1)C(=O)C1CCC(=O)NC1. The maximum Gasteiger partial charge on any atom is 0.227 e. The molecular weight excluding hydrogens is 275 g/mol. The lowest BCUT2D eigenvalue weighted by Gasteiger charge is -2.26. The number of amides is 2. The number of carbonyl (C=O) groups excluding carboxylic acids is 2. The smallest absolute Gasteiger partial charge is 0.227 e. The van der Waals surface area contributed by atoms with Crippen LogP contribution in [0, 0.1) is 11.7 Å². The monoisotopic (exact) mass is 294 g/mol. The Bertz CT molecular complexity index is 494. The molecule has 1 aliphatic heterocycles. The van der Waals surface area contributed by atoms with Gasteiger partial charge >= 0.3 is 0 Å². The molecule has 2 amide bonds. The van der Waals surface area contributed by atoms with Gasteiger partial charge in [0.1, 0.15) is 18.2 Å². The van der Waals surface area contributed by atoms with E-state index >= 15 is 0 Å². The fourth-order valence-electron chi connectivity index (χ4n) is 2.20. The Balaban J connectivity index is 1.73. The zero-order valence-electron chi connectivity index (χ0n) is 12.0. The van der Waals surface area contributed by atoms with Crippen LogP contribution in [0.15, 0.2) is 24.3 Å². The molecule has 2 rings (SSSR count). The molecule has 1 aromatic carbocycles. The quantitative estimate of drug-likeness (QED) is 0.887. The van der Waals surface area contributed by atoms with E-state index in [9.17, 15) is 14.0 Å². The van der Waals surface area contributed by atoms with Crippen LogP contribution >= 0.6 is 0 Å². The van der Waals surface area contributed by atoms with Crippen molar-refractivity contribution in [3.05, 3.63) is 30.1 Å². The maximum atomic E-state index is 12.7. The first-order valence-corrected chi connectivity index (χ1v) is 6.96. The molecule has 1 saturated heterocycles. The van der Waals surface area contributed by atoms with Crippen molar-refractivity contribution < 1.29 is 18.7 Å². The second kappa shape index (κ2) is 7.06. The van der Waals surface area contributed by atoms with Crippen LogP contribution in [0.2, 0.25) is 0 Å². The summed E-state index contributed by atoms with van der Waals surface area (Å²) in [5.74, 6) is 0.119. The Morgan fingerprint density at radius 1 is 1.43 bits per heavy atom. The zero-order valence-corrected chi connectivity index (χ0v) is 12.0. The molecule has 0 aliphatic carbocycles. The third-order valence-corrected chi connectivity index (χ3v) is 3.50. The molecule has 0 bridgehead atoms. The second-order valence-corrected chi connectivity index (χ2v) is 5.10. The van der Waals surface area contributed by atoms with Crippen molar-refractivity contribution in [3.8, 4) is 5.75 Å². The predicted molar refractivity (Wildman–Crippen MR) is 75.3 cm³/mol. The summed E-state index contributed by atoms with van der Waals surface area (Å²) in [5, 5.41) is 2.70. The standard InChI is InChI=1S/C15H19FN2O3/c1-18(15(20)11-2-7-14(19)17-10-11)8-9-21-13-5-3-12(16)4-6-13/h3-6,11H,2,7-10H2,1H3,(H,17,19). The van der Waals surface area contributed by atoms with Gasteiger partial charge in [0.25, 0.3) is 0 Å². The van der Waals surface area contributed by atoms with Crippen molar-refractivity contribution in [3.63, 3.8) is 0 Å². The maximum absolute atomic E-state index is 12.7. The highest BCUT2D eigenvalue weighted by Gasteiger charge is 2.26. The first-order chi connectivity index (χ1) is 10.1. The number of likely N-dealkylation sites (N-methyl/N-ethyl adjacent to an activating group) is 1. The van der Waals surface area contributed by atoms with Gasteiger partial charge < -0.3 is 15.0 Å². The van der Waals surface area contributed by atoms with Gasteiger partial charge in [0.15, 0.2) is 0 Å². The fourth-order valence-corrected chi connectivity index (χ4v) is 2.20. The number of hydrogen-bond donors (Lipinski definition) is 1. The molecule has 21 heavy (non-hydrogen) atoms. The Morgan fingerprint density at radius 3 is 2.76 bits per heavy atom. The van der Waals surface area contributed by atoms with Crippen LogP contribution in [0.4, 0.5) is 4.39 Å². The average Bonchev–Trinajstić information content (AvgIpc) is 2.49. The molecule has 1 heterocycles. The normalized spacial score (nSPS) is 18.0. The minimum atomic E-state index is -0.311. The van der Waals surface area contributed by atoms with E-state index in [4.69, 9.17) is 4.74 Å². The first-order valence-electron chi connectivity index (χ1n) is 6.96. The van der Waals surface area contributed by atoms with Gasteiger partial charge in [-0.2, -0.15) is 0 Å². The lowest BCUT2D eigenvalue weighted by Crippen LogP contribution is -2.44. The molecule has 0 saturated carbocycles. The number of rotatable bonds is 5. The third-order valence-electron chi connectivity index (χ3n) is 3.50. The van der Waals surface area contributed by atoms with Crippen molar-refractivity contribution in [2.75, 3.05) is 26.7 Å². The highest BCUT2D eigenvalue weighted by molar-refractivity contribution is 5.83. The van der Waals surface area contributed by atoms with Crippen LogP contribution in [0.25, 0.3) is 0 Å². The van der Waals surface area contributed by atoms with Crippen molar-refractivity contribution >= 4 is 11.8 Å². The number of nitrogens with zero attached hydrogens (tertiary/aromatic N) is 1. The van der Waals surface area contributed by atoms with Crippen molar-refractivity contribution in [2.24, 2.45) is 5.92 Å². The zero-order chi connectivity index (χ0) is 15.2. The number of carbonyl (C=O) groups is 2. The number of halogens is 1. The van der Waals surface area contributed by atoms with E-state index in [0.717, 1.165) is 0 Å². The summed E-state index contributed by atoms with van der Waals surface area (Å²) in [7, 11) is 1.72. The van der Waals surface area contributed by atoms with Gasteiger partial charge in [-0.05, 0) is 30.7 Å². The largest absolute Gasteiger partial charge is 0.492 e. The van der Waals surface area contributed by atoms with Gasteiger partial charge in [-0.25, -0.2) is 4.39 Å². The topological polar surface area (TPSA) is 58.6 Å². The molecule has 5 nitrogen and oxygen atoms in total. The Kier molecular flexibility index (Phi) is 5.14. The predicted octanol–water partition coefficient (Wildman–Crippen LogP) is 1.19. The van der Waals surface area contributed by atoms with Crippen molar-refractivity contribution in [1.82, 2.24) is 10.2 Å². The molecule has 6 heteroatoms. The molecule has 1 N–H and O–H groups in total. The number of nitrogens with one attached hydrogen (secondary N) is 1. The van der Waals surface area contributed by atoms with Gasteiger partial charge in [-0.15, -0.1) is 0 Å². The summed E-state index contributed by atoms with van der Waals surface area (Å²) in [5.41, 5.74) is 0. The molecule has 1 atom stereocenters. The molecule has 1 aliphatic rings. The van der Waals surface area contributed by atoms with E-state index in [1.54, 1.807) is 24.1 Å². The molecule has 0 aromatic heterocycles. The summed E-state index contributed by atoms with van der Waals surface area (Å²) >= 11 is 0. The third kappa shape index (κ3) is 4.44. The molecule has 0 spiro atoms. The molecule has 1 fully saturated rings. The summed E-state index contributed by atoms with van der Waals surface area (Å²) in [4.78, 5) is 24.8. The van der Waals surface area contributed by atoms with E-state index in [1.165, 1.54) is 12.1 Å². The van der Waals surface area contributed by atoms with E-state index < -0.39 is 0 Å². The highest BCUT2D eigenvalue weighted by Crippen LogP contribution is 2.14. The van der Waals surface area contributed by atoms with Gasteiger partial charge in [-0.3, -0.25) is 9.59 Å². The van der Waals surface area contributed by atoms with Crippen LogP contribution in [0.5, 0.6) is 5.75 Å². The molecule has 1 unspecified atom stereocenters. The van der Waals surface area contributed by atoms with Crippen molar-refractivity contribution in [1.29, 1.82) is 0 Å². The van der Waals surface area contributed by atoms with Crippen LogP contribution < -0.4 is 10.1 Å². The van der Waals surface area contributed by atoms with E-state index in [-0.39, 0.29) is 23.5 Å². The van der Waals surface area contributed by atoms with Gasteiger partial charge in [0.2, 0.25) is 11.8 Å². The Hall–Kier alpha value is -2.11. The van der Waals surface area contributed by atoms with Crippen LogP contribution in [-0.4, -0.2) is 43.5 Å². The Labute approximate surface area is 123 Å². The van der Waals surface area contributed by atoms with E-state index in [2.05, 4.69) is 5.32 Å². The summed E-state index contributed by atoms with van der Waals surface area (Å²) in [6, 6.07) is 5.76. The summed E-state index contributed by atoms with van der Waals surface area (Å²) in [6.45, 7) is 1.19. The molecule has 114 valence electrons. The first kappa shape index (κ1) is 15.3. The van der Waals surface area contributed by atoms with Gasteiger partial charge in [0.05, 0.1) is 12.5 Å². The molecule has 1 aromatic rings. The Morgan fingerprint density at radius 2 is 2.14 bits per heavy atom. The number of piperidine rings is 1. The summed E-state index contributed by atoms with van der Waals surface area (Å²) < 4.78 is 18.2. The van der Waals surface area contributed by atoms with Gasteiger partial charge in [-0.1, -0.05) is 0 Å². The van der Waals surface area contributed by atoms with Crippen LogP contribution in [0.3, 0.4) is 0 Å². The van der Waals surface area contributed by atoms with E-state index in [1.807, 2.05) is 0 Å². The second-order valence-electron chi connectivity index (χ2n) is 5.10. The molecule has 0 radical (unpaired) electrons. The van der Waals surface area contributed by atoms with Crippen molar-refractivity contribution in [2.45, 2.75) is 12.8 Å². The lowest BCUT2D eigenvalue weighted by molar-refractivity contribution is -0.136. The highest BCUT2D eigenvalue weighted by atomic mass is 19.1. The van der Waals surface area contributed by atoms with Crippen LogP contribution in [0.1, 0.15) is 12.8 Å². The number of benzene rings is 1. The molecular formula is C15H19FN2O3. The number of ether oxygens (including phenoxy) is 1. The lowest BCUT2D eigenvalue weighted by atomic mass is 9.98. The fraction of sp³-hybridized carbons (Fsp3) is 0.467. The van der Waals surface area contributed by atoms with Crippen LogP contribution in [-0.2, 0) is 9.59 Å². The average molecular weight is 294 g/mol.